The van der Waals surface area contributed by atoms with Crippen LogP contribution >= 0.6 is 30.4 Å². The first-order valence-electron chi connectivity index (χ1n) is 3.33. The lowest BCUT2D eigenvalue weighted by Gasteiger charge is -2.14. The molecule has 1 N–H and O–H groups in total. The number of phosphoric ester groups is 1. The molecule has 2 heterocycles. The van der Waals surface area contributed by atoms with E-state index in [1.165, 1.54) is 6.07 Å². The first kappa shape index (κ1) is 7.75. The Balaban J connectivity index is 2.44. The summed E-state index contributed by atoms with van der Waals surface area (Å²) in [5.41, 5.74) is 0. The van der Waals surface area contributed by atoms with Crippen LogP contribution < -0.4 is 13.6 Å². The maximum atomic E-state index is 11.5. The highest BCUT2D eigenvalue weighted by molar-refractivity contribution is 14.1. The zero-order valence-corrected chi connectivity index (χ0v) is 9.03. The average molecular weight is 312 g/mol. The number of hydrogen-bond acceptors (Lipinski definition) is 5. The molecule has 7 heteroatoms. The van der Waals surface area contributed by atoms with E-state index in [0.717, 1.165) is 0 Å². The molecule has 3 bridgehead atoms. The Labute approximate surface area is 86.4 Å². The van der Waals surface area contributed by atoms with Gasteiger partial charge in [-0.25, -0.2) is 0 Å². The molecule has 1 aromatic carbocycles. The Kier molecular flexibility index (Phi) is 1.23. The lowest BCUT2D eigenvalue weighted by atomic mass is 10.3. The molecule has 0 aliphatic carbocycles. The number of phenols is 1. The summed E-state index contributed by atoms with van der Waals surface area (Å²) in [7, 11) is -3.49. The second kappa shape index (κ2) is 2.06. The van der Waals surface area contributed by atoms with Gasteiger partial charge in [0.1, 0.15) is 3.57 Å². The van der Waals surface area contributed by atoms with E-state index >= 15 is 0 Å². The average Bonchev–Trinajstić information content (AvgIpc) is 2.28. The molecule has 0 spiro atoms. The number of benzene rings is 1. The molecule has 0 fully saturated rings. The lowest BCUT2D eigenvalue weighted by molar-refractivity contribution is 0.323. The summed E-state index contributed by atoms with van der Waals surface area (Å²) in [6, 6.07) is 1.36. The molecule has 0 radical (unpaired) electrons. The maximum Gasteiger partial charge on any atom is 0.647 e. The molecular weight excluding hydrogens is 310 g/mol. The standard InChI is InChI=1S/C6H2IO5P/c7-4-3-1-2(8)5-6(4)12-13(9,10-3)11-5/h1,8H. The van der Waals surface area contributed by atoms with Crippen molar-refractivity contribution in [1.82, 2.24) is 0 Å². The molecule has 0 saturated carbocycles. The minimum atomic E-state index is -3.49. The fraction of sp³-hybridized carbons (Fsp3) is 0. The minimum Gasteiger partial charge on any atom is -0.504 e. The van der Waals surface area contributed by atoms with Crippen molar-refractivity contribution in [3.8, 4) is 23.0 Å². The molecule has 0 aromatic heterocycles. The minimum absolute atomic E-state index is 0.106. The molecule has 13 heavy (non-hydrogen) atoms. The summed E-state index contributed by atoms with van der Waals surface area (Å²) in [6.07, 6.45) is 0. The Morgan fingerprint density at radius 1 is 1.31 bits per heavy atom. The van der Waals surface area contributed by atoms with Crippen LogP contribution in [-0.2, 0) is 4.57 Å². The smallest absolute Gasteiger partial charge is 0.504 e. The van der Waals surface area contributed by atoms with E-state index in [9.17, 15) is 9.67 Å². The van der Waals surface area contributed by atoms with E-state index in [1.54, 1.807) is 0 Å². The molecule has 5 nitrogen and oxygen atoms in total. The second-order valence-electron chi connectivity index (χ2n) is 2.59. The quantitative estimate of drug-likeness (QED) is 0.588. The summed E-state index contributed by atoms with van der Waals surface area (Å²) in [5, 5.41) is 9.37. The van der Waals surface area contributed by atoms with Crippen molar-refractivity contribution in [1.29, 1.82) is 0 Å². The summed E-state index contributed by atoms with van der Waals surface area (Å²) in [5.74, 6) is 0.642. The Bertz CT molecular complexity index is 456. The predicted octanol–water partition coefficient (Wildman–Crippen LogP) is 2.27. The topological polar surface area (TPSA) is 65.0 Å². The van der Waals surface area contributed by atoms with Gasteiger partial charge in [0.25, 0.3) is 0 Å². The number of hydrogen-bond donors (Lipinski definition) is 1. The van der Waals surface area contributed by atoms with E-state index in [2.05, 4.69) is 0 Å². The zero-order valence-electron chi connectivity index (χ0n) is 5.98. The molecule has 0 saturated heterocycles. The van der Waals surface area contributed by atoms with E-state index < -0.39 is 7.82 Å². The van der Waals surface area contributed by atoms with Crippen LogP contribution in [0.1, 0.15) is 0 Å². The molecule has 1 aromatic rings. The van der Waals surface area contributed by atoms with Crippen molar-refractivity contribution in [2.75, 3.05) is 0 Å². The number of phenolic OH excluding ortho intramolecular Hbond substituents is 1. The molecule has 68 valence electrons. The Morgan fingerprint density at radius 3 is 2.77 bits per heavy atom. The number of rotatable bonds is 0. The highest BCUT2D eigenvalue weighted by atomic mass is 127. The fourth-order valence-corrected chi connectivity index (χ4v) is 3.48. The van der Waals surface area contributed by atoms with Gasteiger partial charge in [0.05, 0.1) is 0 Å². The van der Waals surface area contributed by atoms with Crippen molar-refractivity contribution in [3.05, 3.63) is 9.64 Å². The van der Waals surface area contributed by atoms with Crippen molar-refractivity contribution in [3.63, 3.8) is 0 Å². The third-order valence-electron chi connectivity index (χ3n) is 1.74. The number of phosphoric acid groups is 1. The van der Waals surface area contributed by atoms with Gasteiger partial charge in [0, 0.05) is 6.07 Å². The third kappa shape index (κ3) is 0.847. The van der Waals surface area contributed by atoms with Crippen LogP contribution in [0, 0.1) is 3.57 Å². The van der Waals surface area contributed by atoms with E-state index in [-0.39, 0.29) is 11.5 Å². The molecule has 2 aliphatic heterocycles. The van der Waals surface area contributed by atoms with Crippen LogP contribution in [0.5, 0.6) is 23.0 Å². The van der Waals surface area contributed by atoms with Crippen LogP contribution in [0.25, 0.3) is 0 Å². The van der Waals surface area contributed by atoms with E-state index in [4.69, 9.17) is 13.6 Å². The predicted molar refractivity (Wildman–Crippen MR) is 50.3 cm³/mol. The van der Waals surface area contributed by atoms with Gasteiger partial charge < -0.3 is 18.7 Å². The summed E-state index contributed by atoms with van der Waals surface area (Å²) in [4.78, 5) is 0. The van der Waals surface area contributed by atoms with Gasteiger partial charge >= 0.3 is 7.82 Å². The van der Waals surface area contributed by atoms with Crippen LogP contribution in [-0.4, -0.2) is 5.11 Å². The van der Waals surface area contributed by atoms with Crippen LogP contribution in [0.15, 0.2) is 6.07 Å². The van der Waals surface area contributed by atoms with Crippen LogP contribution in [0.3, 0.4) is 0 Å². The Morgan fingerprint density at radius 2 is 2.00 bits per heavy atom. The molecular formula is C6H2IO5P. The monoisotopic (exact) mass is 312 g/mol. The van der Waals surface area contributed by atoms with Crippen molar-refractivity contribution >= 4 is 30.4 Å². The van der Waals surface area contributed by atoms with Crippen molar-refractivity contribution < 1.29 is 23.2 Å². The lowest BCUT2D eigenvalue weighted by Crippen LogP contribution is -2.04. The third-order valence-corrected chi connectivity index (χ3v) is 3.99. The fourth-order valence-electron chi connectivity index (χ4n) is 1.22. The van der Waals surface area contributed by atoms with Crippen LogP contribution in [0.2, 0.25) is 0 Å². The highest BCUT2D eigenvalue weighted by Gasteiger charge is 2.49. The molecule has 2 aliphatic rings. The first-order valence-corrected chi connectivity index (χ1v) is 5.87. The zero-order chi connectivity index (χ0) is 9.22. The van der Waals surface area contributed by atoms with Gasteiger partial charge in [-0.1, -0.05) is 0 Å². The number of aromatic hydroxyl groups is 1. The van der Waals surface area contributed by atoms with Crippen molar-refractivity contribution in [2.45, 2.75) is 0 Å². The first-order chi connectivity index (χ1) is 6.09. The molecule has 1 atom stereocenters. The van der Waals surface area contributed by atoms with E-state index in [1.807, 2.05) is 22.6 Å². The Hall–Kier alpha value is -0.620. The number of halogens is 1. The summed E-state index contributed by atoms with van der Waals surface area (Å²) >= 11 is 1.97. The second-order valence-corrected chi connectivity index (χ2v) is 5.11. The van der Waals surface area contributed by atoms with Crippen molar-refractivity contribution in [2.24, 2.45) is 0 Å². The largest absolute Gasteiger partial charge is 0.647 e. The molecule has 0 amide bonds. The molecule has 3 rings (SSSR count). The molecule has 1 unspecified atom stereocenters. The highest BCUT2D eigenvalue weighted by Crippen LogP contribution is 2.68. The van der Waals surface area contributed by atoms with E-state index in [0.29, 0.717) is 15.1 Å². The van der Waals surface area contributed by atoms with Gasteiger partial charge in [-0.15, -0.1) is 0 Å². The SMILES string of the molecule is O=P12Oc3cc(O)c(c(c3I)O1)O2. The summed E-state index contributed by atoms with van der Waals surface area (Å²) < 4.78 is 26.9. The van der Waals surface area contributed by atoms with Gasteiger partial charge in [-0.2, -0.15) is 4.57 Å². The van der Waals surface area contributed by atoms with Crippen LogP contribution in [0.4, 0.5) is 0 Å². The van der Waals surface area contributed by atoms with Gasteiger partial charge in [0.2, 0.25) is 5.75 Å². The van der Waals surface area contributed by atoms with Gasteiger partial charge in [0.15, 0.2) is 17.2 Å². The summed E-state index contributed by atoms with van der Waals surface area (Å²) in [6.45, 7) is 0. The maximum absolute atomic E-state index is 11.5. The normalized spacial score (nSPS) is 26.5. The van der Waals surface area contributed by atoms with Gasteiger partial charge in [-0.3, -0.25) is 0 Å². The number of fused-ring (bicyclic) bond motifs is 2. The van der Waals surface area contributed by atoms with Gasteiger partial charge in [-0.05, 0) is 22.6 Å².